The van der Waals surface area contributed by atoms with Crippen LogP contribution in [-0.2, 0) is 11.2 Å². The minimum Gasteiger partial charge on any atom is -0.354 e. The van der Waals surface area contributed by atoms with Gasteiger partial charge in [0.05, 0.1) is 12.1 Å². The minimum absolute atomic E-state index is 0.0456. The number of hydrogen-bond donors (Lipinski definition) is 1. The zero-order valence-corrected chi connectivity index (χ0v) is 16.3. The van der Waals surface area contributed by atoms with Crippen molar-refractivity contribution in [2.45, 2.75) is 13.3 Å². The maximum absolute atomic E-state index is 12.5. The third-order valence-electron chi connectivity index (χ3n) is 5.29. The van der Waals surface area contributed by atoms with Crippen LogP contribution in [0.2, 0.25) is 0 Å². The van der Waals surface area contributed by atoms with Crippen molar-refractivity contribution in [1.29, 1.82) is 0 Å². The summed E-state index contributed by atoms with van der Waals surface area (Å²) >= 11 is 0. The number of fused-ring (bicyclic) bond motifs is 1. The summed E-state index contributed by atoms with van der Waals surface area (Å²) in [5, 5.41) is 5.24. The van der Waals surface area contributed by atoms with Crippen molar-refractivity contribution >= 4 is 28.2 Å². The summed E-state index contributed by atoms with van der Waals surface area (Å²) in [7, 11) is 0. The van der Waals surface area contributed by atoms with E-state index in [-0.39, 0.29) is 12.3 Å². The largest absolute Gasteiger partial charge is 0.354 e. The van der Waals surface area contributed by atoms with E-state index in [2.05, 4.69) is 40.2 Å². The third kappa shape index (κ3) is 4.15. The topological polar surface area (TPSA) is 48.5 Å². The first-order valence-corrected chi connectivity index (χ1v) is 9.94. The van der Waals surface area contributed by atoms with E-state index in [1.54, 1.807) is 0 Å². The van der Waals surface area contributed by atoms with Crippen molar-refractivity contribution in [3.05, 3.63) is 66.4 Å². The van der Waals surface area contributed by atoms with Crippen molar-refractivity contribution in [2.75, 3.05) is 42.9 Å². The van der Waals surface area contributed by atoms with Gasteiger partial charge < -0.3 is 15.1 Å². The predicted octanol–water partition coefficient (Wildman–Crippen LogP) is 3.56. The fourth-order valence-corrected chi connectivity index (χ4v) is 3.73. The lowest BCUT2D eigenvalue weighted by Crippen LogP contribution is -2.46. The molecule has 0 unspecified atom stereocenters. The maximum atomic E-state index is 12.5. The zero-order valence-electron chi connectivity index (χ0n) is 16.3. The van der Waals surface area contributed by atoms with E-state index in [1.807, 2.05) is 42.5 Å². The van der Waals surface area contributed by atoms with Crippen molar-refractivity contribution in [3.63, 3.8) is 0 Å². The van der Waals surface area contributed by atoms with Gasteiger partial charge in [-0.15, -0.1) is 0 Å². The maximum Gasteiger partial charge on any atom is 0.230 e. The van der Waals surface area contributed by atoms with Gasteiger partial charge in [0, 0.05) is 37.3 Å². The third-order valence-corrected chi connectivity index (χ3v) is 5.29. The lowest BCUT2D eigenvalue weighted by Gasteiger charge is -2.35. The number of anilines is 2. The Kier molecular flexibility index (Phi) is 5.53. The summed E-state index contributed by atoms with van der Waals surface area (Å²) in [4.78, 5) is 22.2. The zero-order chi connectivity index (χ0) is 19.3. The van der Waals surface area contributed by atoms with Crippen LogP contribution in [0.1, 0.15) is 12.6 Å². The van der Waals surface area contributed by atoms with E-state index in [0.717, 1.165) is 60.7 Å². The molecule has 1 aliphatic heterocycles. The Morgan fingerprint density at radius 1 is 1.00 bits per heavy atom. The van der Waals surface area contributed by atoms with Crippen molar-refractivity contribution in [2.24, 2.45) is 0 Å². The van der Waals surface area contributed by atoms with Gasteiger partial charge >= 0.3 is 0 Å². The number of amides is 1. The molecule has 5 heteroatoms. The highest BCUT2D eigenvalue weighted by Gasteiger charge is 2.20. The molecule has 0 bridgehead atoms. The smallest absolute Gasteiger partial charge is 0.230 e. The summed E-state index contributed by atoms with van der Waals surface area (Å²) in [5.41, 5.74) is 1.62. The SMILES string of the molecule is CCN1CCN(c2nc(CC(=O)Nc3ccccc3)cc3ccccc23)CC1. The molecule has 0 aliphatic carbocycles. The number of benzene rings is 2. The van der Waals surface area contributed by atoms with Crippen LogP contribution < -0.4 is 10.2 Å². The summed E-state index contributed by atoms with van der Waals surface area (Å²) in [6.45, 7) is 7.31. The average molecular weight is 374 g/mol. The number of nitrogens with zero attached hydrogens (tertiary/aromatic N) is 3. The van der Waals surface area contributed by atoms with Gasteiger partial charge in [-0.2, -0.15) is 0 Å². The first-order chi connectivity index (χ1) is 13.7. The summed E-state index contributed by atoms with van der Waals surface area (Å²) in [5.74, 6) is 0.951. The second kappa shape index (κ2) is 8.40. The number of piperazine rings is 1. The first kappa shape index (κ1) is 18.4. The molecule has 1 amide bonds. The van der Waals surface area contributed by atoms with Crippen LogP contribution in [0.25, 0.3) is 10.8 Å². The van der Waals surface area contributed by atoms with Gasteiger partial charge in [0.2, 0.25) is 5.91 Å². The summed E-state index contributed by atoms with van der Waals surface area (Å²) < 4.78 is 0. The van der Waals surface area contributed by atoms with E-state index in [9.17, 15) is 4.79 Å². The number of aromatic nitrogens is 1. The van der Waals surface area contributed by atoms with Gasteiger partial charge in [0.1, 0.15) is 5.82 Å². The summed E-state index contributed by atoms with van der Waals surface area (Å²) in [6, 6.07) is 19.9. The molecule has 144 valence electrons. The van der Waals surface area contributed by atoms with Crippen LogP contribution in [0.4, 0.5) is 11.5 Å². The molecule has 2 heterocycles. The van der Waals surface area contributed by atoms with Crippen molar-refractivity contribution < 1.29 is 4.79 Å². The lowest BCUT2D eigenvalue weighted by molar-refractivity contribution is -0.115. The quantitative estimate of drug-likeness (QED) is 0.742. The van der Waals surface area contributed by atoms with Crippen molar-refractivity contribution in [3.8, 4) is 0 Å². The number of para-hydroxylation sites is 1. The molecule has 28 heavy (non-hydrogen) atoms. The number of pyridine rings is 1. The van der Waals surface area contributed by atoms with E-state index in [1.165, 1.54) is 0 Å². The fourth-order valence-electron chi connectivity index (χ4n) is 3.73. The molecule has 1 saturated heterocycles. The monoisotopic (exact) mass is 374 g/mol. The highest BCUT2D eigenvalue weighted by molar-refractivity contribution is 5.95. The molecule has 1 aromatic heterocycles. The Morgan fingerprint density at radius 2 is 1.71 bits per heavy atom. The number of carbonyl (C=O) groups excluding carboxylic acids is 1. The Balaban J connectivity index is 1.58. The lowest BCUT2D eigenvalue weighted by atomic mass is 10.1. The van der Waals surface area contributed by atoms with Crippen LogP contribution in [0.15, 0.2) is 60.7 Å². The fraction of sp³-hybridized carbons (Fsp3) is 0.304. The van der Waals surface area contributed by atoms with Gasteiger partial charge in [-0.1, -0.05) is 49.4 Å². The second-order valence-electron chi connectivity index (χ2n) is 7.17. The van der Waals surface area contributed by atoms with Crippen LogP contribution in [0.3, 0.4) is 0 Å². The molecule has 1 fully saturated rings. The van der Waals surface area contributed by atoms with Gasteiger partial charge in [-0.25, -0.2) is 4.98 Å². The van der Waals surface area contributed by atoms with E-state index in [4.69, 9.17) is 4.98 Å². The molecule has 3 aromatic rings. The Morgan fingerprint density at radius 3 is 2.46 bits per heavy atom. The molecule has 1 aliphatic rings. The molecule has 2 aromatic carbocycles. The molecule has 0 radical (unpaired) electrons. The van der Waals surface area contributed by atoms with E-state index in [0.29, 0.717) is 0 Å². The second-order valence-corrected chi connectivity index (χ2v) is 7.17. The van der Waals surface area contributed by atoms with Crippen LogP contribution in [0, 0.1) is 0 Å². The summed E-state index contributed by atoms with van der Waals surface area (Å²) in [6.07, 6.45) is 0.266. The molecule has 0 spiro atoms. The molecule has 5 nitrogen and oxygen atoms in total. The number of nitrogens with one attached hydrogen (secondary N) is 1. The average Bonchev–Trinajstić information content (AvgIpc) is 2.74. The van der Waals surface area contributed by atoms with E-state index >= 15 is 0 Å². The molecule has 0 saturated carbocycles. The minimum atomic E-state index is -0.0456. The number of rotatable bonds is 5. The van der Waals surface area contributed by atoms with Crippen LogP contribution in [0.5, 0.6) is 0 Å². The normalized spacial score (nSPS) is 15.0. The number of hydrogen-bond acceptors (Lipinski definition) is 4. The molecule has 4 rings (SSSR count). The molecular weight excluding hydrogens is 348 g/mol. The number of likely N-dealkylation sites (N-methyl/N-ethyl adjacent to an activating group) is 1. The predicted molar refractivity (Wildman–Crippen MR) is 115 cm³/mol. The Labute approximate surface area is 166 Å². The van der Waals surface area contributed by atoms with Crippen LogP contribution in [-0.4, -0.2) is 48.5 Å². The van der Waals surface area contributed by atoms with Crippen molar-refractivity contribution in [1.82, 2.24) is 9.88 Å². The number of carbonyl (C=O) groups is 1. The standard InChI is InChI=1S/C23H26N4O/c1-2-26-12-14-27(15-13-26)23-21-11-7-6-8-18(21)16-20(25-23)17-22(28)24-19-9-4-3-5-10-19/h3-11,16H,2,12-15,17H2,1H3,(H,24,28). The molecular formula is C23H26N4O. The first-order valence-electron chi connectivity index (χ1n) is 9.94. The van der Waals surface area contributed by atoms with Crippen LogP contribution >= 0.6 is 0 Å². The highest BCUT2D eigenvalue weighted by Crippen LogP contribution is 2.27. The van der Waals surface area contributed by atoms with Gasteiger partial charge in [0.15, 0.2) is 0 Å². The Bertz CT molecular complexity index is 949. The van der Waals surface area contributed by atoms with Gasteiger partial charge in [0.25, 0.3) is 0 Å². The van der Waals surface area contributed by atoms with Gasteiger partial charge in [-0.05, 0) is 30.1 Å². The molecule has 1 N–H and O–H groups in total. The Hall–Kier alpha value is -2.92. The van der Waals surface area contributed by atoms with E-state index < -0.39 is 0 Å². The van der Waals surface area contributed by atoms with Gasteiger partial charge in [-0.3, -0.25) is 4.79 Å². The molecule has 0 atom stereocenters. The highest BCUT2D eigenvalue weighted by atomic mass is 16.1.